The SMILES string of the molecule is CN1CNNC1CC1(C2CCCC(N3CC4C(CC(C5CCC5)CC4C(F)(F)F)C3=O)C2)COC1. The Hall–Kier alpha value is -0.900. The Morgan fingerprint density at radius 3 is 2.43 bits per heavy atom. The Morgan fingerprint density at radius 1 is 1.06 bits per heavy atom. The molecule has 6 fully saturated rings. The third-order valence-corrected chi connectivity index (χ3v) is 10.9. The maximum Gasteiger partial charge on any atom is 0.392 e. The second-order valence-electron chi connectivity index (χ2n) is 12.7. The minimum absolute atomic E-state index is 0.0271. The highest BCUT2D eigenvalue weighted by molar-refractivity contribution is 5.82. The Morgan fingerprint density at radius 2 is 1.83 bits per heavy atom. The minimum Gasteiger partial charge on any atom is -0.380 e. The molecule has 0 bridgehead atoms. The lowest BCUT2D eigenvalue weighted by molar-refractivity contribution is -0.206. The molecule has 0 radical (unpaired) electrons. The first kappa shape index (κ1) is 24.4. The van der Waals surface area contributed by atoms with Gasteiger partial charge in [-0.3, -0.25) is 9.69 Å². The Bertz CT molecular complexity index is 802. The summed E-state index contributed by atoms with van der Waals surface area (Å²) in [7, 11) is 2.10. The van der Waals surface area contributed by atoms with Crippen LogP contribution in [0, 0.1) is 40.9 Å². The van der Waals surface area contributed by atoms with Crippen molar-refractivity contribution in [2.75, 3.05) is 33.5 Å². The van der Waals surface area contributed by atoms with Gasteiger partial charge in [0.15, 0.2) is 0 Å². The molecule has 3 saturated heterocycles. The molecule has 3 heterocycles. The Kier molecular flexibility index (Phi) is 6.38. The number of ether oxygens (including phenoxy) is 1. The number of amides is 1. The van der Waals surface area contributed by atoms with Crippen molar-refractivity contribution < 1.29 is 22.7 Å². The summed E-state index contributed by atoms with van der Waals surface area (Å²) in [5.74, 6) is -1.35. The van der Waals surface area contributed by atoms with Crippen molar-refractivity contribution >= 4 is 5.91 Å². The van der Waals surface area contributed by atoms with Crippen LogP contribution in [0.4, 0.5) is 13.2 Å². The predicted molar refractivity (Wildman–Crippen MR) is 125 cm³/mol. The number of likely N-dealkylation sites (tertiary alicyclic amines) is 1. The van der Waals surface area contributed by atoms with E-state index in [2.05, 4.69) is 22.8 Å². The van der Waals surface area contributed by atoms with Crippen LogP contribution in [0.25, 0.3) is 0 Å². The summed E-state index contributed by atoms with van der Waals surface area (Å²) in [4.78, 5) is 17.8. The molecule has 0 spiro atoms. The van der Waals surface area contributed by atoms with Gasteiger partial charge >= 0.3 is 6.18 Å². The van der Waals surface area contributed by atoms with E-state index in [0.717, 1.165) is 71.2 Å². The van der Waals surface area contributed by atoms with Crippen molar-refractivity contribution in [3.05, 3.63) is 0 Å². The zero-order chi connectivity index (χ0) is 24.4. The highest BCUT2D eigenvalue weighted by Gasteiger charge is 2.59. The van der Waals surface area contributed by atoms with Gasteiger partial charge in [-0.25, -0.2) is 10.9 Å². The lowest BCUT2D eigenvalue weighted by Crippen LogP contribution is -2.56. The molecule has 1 amide bonds. The quantitative estimate of drug-likeness (QED) is 0.605. The van der Waals surface area contributed by atoms with Crippen LogP contribution in [0.2, 0.25) is 0 Å². The maximum atomic E-state index is 14.2. The zero-order valence-electron chi connectivity index (χ0n) is 20.9. The van der Waals surface area contributed by atoms with Gasteiger partial charge in [-0.1, -0.05) is 25.7 Å². The van der Waals surface area contributed by atoms with Crippen molar-refractivity contribution in [2.24, 2.45) is 40.9 Å². The number of nitrogens with zero attached hydrogens (tertiary/aromatic N) is 2. The molecule has 6 aliphatic rings. The summed E-state index contributed by atoms with van der Waals surface area (Å²) in [6, 6.07) is 0.0766. The first-order valence-electron chi connectivity index (χ1n) is 13.9. The molecular weight excluding hydrogens is 457 g/mol. The number of nitrogens with one attached hydrogen (secondary N) is 2. The number of carbonyl (C=O) groups excluding carboxylic acids is 1. The smallest absolute Gasteiger partial charge is 0.380 e. The van der Waals surface area contributed by atoms with Crippen LogP contribution in [-0.2, 0) is 9.53 Å². The average Bonchev–Trinajstić information content (AvgIpc) is 3.31. The number of carbonyl (C=O) groups is 1. The number of hydrazine groups is 1. The van der Waals surface area contributed by atoms with Gasteiger partial charge in [0.1, 0.15) is 0 Å². The molecule has 6 rings (SSSR count). The third-order valence-electron chi connectivity index (χ3n) is 10.9. The molecule has 35 heavy (non-hydrogen) atoms. The maximum absolute atomic E-state index is 14.2. The summed E-state index contributed by atoms with van der Waals surface area (Å²) in [6.45, 7) is 2.61. The molecule has 9 heteroatoms. The third kappa shape index (κ3) is 4.32. The van der Waals surface area contributed by atoms with Gasteiger partial charge in [-0.2, -0.15) is 13.2 Å². The molecule has 3 aliphatic carbocycles. The van der Waals surface area contributed by atoms with Crippen molar-refractivity contribution in [1.82, 2.24) is 20.7 Å². The van der Waals surface area contributed by atoms with Crippen molar-refractivity contribution in [1.29, 1.82) is 0 Å². The van der Waals surface area contributed by atoms with E-state index in [9.17, 15) is 18.0 Å². The van der Waals surface area contributed by atoms with Crippen LogP contribution in [0.3, 0.4) is 0 Å². The Labute approximate surface area is 206 Å². The first-order chi connectivity index (χ1) is 16.7. The normalized spacial score (nSPS) is 42.6. The van der Waals surface area contributed by atoms with E-state index in [1.54, 1.807) is 0 Å². The van der Waals surface area contributed by atoms with Crippen LogP contribution in [0.15, 0.2) is 0 Å². The van der Waals surface area contributed by atoms with E-state index in [1.165, 1.54) is 0 Å². The van der Waals surface area contributed by atoms with Gasteiger partial charge in [-0.15, -0.1) is 0 Å². The van der Waals surface area contributed by atoms with E-state index in [4.69, 9.17) is 4.74 Å². The number of halogens is 3. The van der Waals surface area contributed by atoms with Crippen LogP contribution in [0.1, 0.15) is 64.2 Å². The van der Waals surface area contributed by atoms with Gasteiger partial charge < -0.3 is 9.64 Å². The molecule has 7 atom stereocenters. The summed E-state index contributed by atoms with van der Waals surface area (Å²) >= 11 is 0. The van der Waals surface area contributed by atoms with Crippen molar-refractivity contribution in [2.45, 2.75) is 82.6 Å². The average molecular weight is 499 g/mol. The van der Waals surface area contributed by atoms with Crippen LogP contribution in [-0.4, -0.2) is 67.6 Å². The second-order valence-corrected chi connectivity index (χ2v) is 12.7. The summed E-state index contributed by atoms with van der Waals surface area (Å²) in [6.07, 6.45) is 5.14. The molecule has 6 nitrogen and oxygen atoms in total. The Balaban J connectivity index is 1.17. The fourth-order valence-electron chi connectivity index (χ4n) is 8.44. The van der Waals surface area contributed by atoms with Crippen LogP contribution in [0.5, 0.6) is 0 Å². The summed E-state index contributed by atoms with van der Waals surface area (Å²) in [5.41, 5.74) is 6.67. The molecule has 3 saturated carbocycles. The summed E-state index contributed by atoms with van der Waals surface area (Å²) < 4.78 is 48.2. The van der Waals surface area contributed by atoms with Gasteiger partial charge in [0.25, 0.3) is 0 Å². The largest absolute Gasteiger partial charge is 0.392 e. The predicted octanol–water partition coefficient (Wildman–Crippen LogP) is 3.74. The topological polar surface area (TPSA) is 56.8 Å². The number of fused-ring (bicyclic) bond motifs is 1. The fraction of sp³-hybridized carbons (Fsp3) is 0.962. The first-order valence-corrected chi connectivity index (χ1v) is 13.9. The molecule has 7 unspecified atom stereocenters. The lowest BCUT2D eigenvalue weighted by Gasteiger charge is -2.52. The van der Waals surface area contributed by atoms with Crippen LogP contribution < -0.4 is 10.9 Å². The number of hydrogen-bond acceptors (Lipinski definition) is 5. The van der Waals surface area contributed by atoms with E-state index in [-0.39, 0.29) is 35.9 Å². The number of hydrogen-bond donors (Lipinski definition) is 2. The number of rotatable bonds is 5. The van der Waals surface area contributed by atoms with Crippen molar-refractivity contribution in [3.63, 3.8) is 0 Å². The van der Waals surface area contributed by atoms with E-state index in [1.807, 2.05) is 4.90 Å². The fourth-order valence-corrected chi connectivity index (χ4v) is 8.44. The van der Waals surface area contributed by atoms with E-state index in [0.29, 0.717) is 24.8 Å². The minimum atomic E-state index is -4.21. The van der Waals surface area contributed by atoms with Crippen LogP contribution >= 0.6 is 0 Å². The molecule has 0 aromatic carbocycles. The molecule has 0 aromatic rings. The lowest BCUT2D eigenvalue weighted by atomic mass is 9.61. The number of alkyl halides is 3. The standard InChI is InChI=1S/C26H41F3N4O2/c1-32-15-30-31-23(32)11-25(13-35-14-25)18-6-3-7-19(10-18)33-12-21-20(24(33)34)8-17(16-4-2-5-16)9-22(21)26(27,28)29/h16-23,30-31H,2-15H2,1H3. The highest BCUT2D eigenvalue weighted by Crippen LogP contribution is 2.55. The molecule has 198 valence electrons. The van der Waals surface area contributed by atoms with Crippen molar-refractivity contribution in [3.8, 4) is 0 Å². The molecule has 0 aromatic heterocycles. The molecular formula is C26H41F3N4O2. The zero-order valence-corrected chi connectivity index (χ0v) is 20.9. The summed E-state index contributed by atoms with van der Waals surface area (Å²) in [5, 5.41) is 0. The van der Waals surface area contributed by atoms with Gasteiger partial charge in [0.05, 0.1) is 32.0 Å². The monoisotopic (exact) mass is 498 g/mol. The van der Waals surface area contributed by atoms with Gasteiger partial charge in [0, 0.05) is 23.9 Å². The van der Waals surface area contributed by atoms with Gasteiger partial charge in [0.2, 0.25) is 5.91 Å². The van der Waals surface area contributed by atoms with E-state index >= 15 is 0 Å². The molecule has 3 aliphatic heterocycles. The highest BCUT2D eigenvalue weighted by atomic mass is 19.4. The second kappa shape index (κ2) is 9.14. The van der Waals surface area contributed by atoms with Gasteiger partial charge in [-0.05, 0) is 69.2 Å². The van der Waals surface area contributed by atoms with E-state index < -0.39 is 23.9 Å². The molecule has 2 N–H and O–H groups in total.